The molecule has 1 N–H and O–H groups in total. The van der Waals surface area contributed by atoms with Crippen molar-refractivity contribution in [1.29, 1.82) is 0 Å². The summed E-state index contributed by atoms with van der Waals surface area (Å²) in [6.07, 6.45) is 0.730. The summed E-state index contributed by atoms with van der Waals surface area (Å²) in [7, 11) is 0. The number of hydrogen-bond acceptors (Lipinski definition) is 4. The van der Waals surface area contributed by atoms with Crippen LogP contribution in [0.1, 0.15) is 17.9 Å². The normalized spacial score (nSPS) is 29.2. The SMILES string of the molecule is O[C@@H]1CN(CC2COCCOC2)CC[C@@H]1c1ccccc1. The fraction of sp³-hybridized carbons (Fsp3) is 0.647. The Kier molecular flexibility index (Phi) is 5.25. The molecular weight excluding hydrogens is 266 g/mol. The van der Waals surface area contributed by atoms with Crippen LogP contribution in [-0.2, 0) is 9.47 Å². The third kappa shape index (κ3) is 4.04. The monoisotopic (exact) mass is 291 g/mol. The Morgan fingerprint density at radius 2 is 1.81 bits per heavy atom. The smallest absolute Gasteiger partial charge is 0.0735 e. The molecule has 2 heterocycles. The van der Waals surface area contributed by atoms with E-state index in [1.807, 2.05) is 6.07 Å². The van der Waals surface area contributed by atoms with E-state index in [1.54, 1.807) is 0 Å². The summed E-state index contributed by atoms with van der Waals surface area (Å²) in [6, 6.07) is 10.4. The van der Waals surface area contributed by atoms with E-state index < -0.39 is 0 Å². The Hall–Kier alpha value is -0.940. The predicted molar refractivity (Wildman–Crippen MR) is 81.4 cm³/mol. The first-order valence-electron chi connectivity index (χ1n) is 7.94. The highest BCUT2D eigenvalue weighted by molar-refractivity contribution is 5.21. The van der Waals surface area contributed by atoms with E-state index in [2.05, 4.69) is 29.2 Å². The van der Waals surface area contributed by atoms with Crippen LogP contribution >= 0.6 is 0 Å². The van der Waals surface area contributed by atoms with Gasteiger partial charge in [0.25, 0.3) is 0 Å². The van der Waals surface area contributed by atoms with E-state index in [0.717, 1.165) is 39.3 Å². The second-order valence-electron chi connectivity index (χ2n) is 6.15. The number of hydrogen-bond donors (Lipinski definition) is 1. The quantitative estimate of drug-likeness (QED) is 0.916. The Morgan fingerprint density at radius 3 is 2.48 bits per heavy atom. The first kappa shape index (κ1) is 15.0. The molecule has 2 aliphatic rings. The second-order valence-corrected chi connectivity index (χ2v) is 6.15. The zero-order chi connectivity index (χ0) is 14.5. The molecule has 2 saturated heterocycles. The van der Waals surface area contributed by atoms with Crippen LogP contribution in [0.25, 0.3) is 0 Å². The Morgan fingerprint density at radius 1 is 1.10 bits per heavy atom. The molecule has 21 heavy (non-hydrogen) atoms. The van der Waals surface area contributed by atoms with Crippen LogP contribution in [0.5, 0.6) is 0 Å². The Labute approximate surface area is 126 Å². The van der Waals surface area contributed by atoms with Gasteiger partial charge in [-0.15, -0.1) is 0 Å². The van der Waals surface area contributed by atoms with Gasteiger partial charge in [0, 0.05) is 24.9 Å². The number of aliphatic hydroxyl groups is 1. The highest BCUT2D eigenvalue weighted by atomic mass is 16.5. The van der Waals surface area contributed by atoms with E-state index in [0.29, 0.717) is 19.1 Å². The number of β-amino-alcohol motifs (C(OH)–C–C–N with tert-alkyl or cyclic N) is 1. The summed E-state index contributed by atoms with van der Waals surface area (Å²) in [5.74, 6) is 0.692. The first-order chi connectivity index (χ1) is 10.3. The van der Waals surface area contributed by atoms with Crippen LogP contribution in [0.4, 0.5) is 0 Å². The van der Waals surface area contributed by atoms with Gasteiger partial charge in [0.05, 0.1) is 32.5 Å². The minimum Gasteiger partial charge on any atom is -0.391 e. The van der Waals surface area contributed by atoms with Crippen molar-refractivity contribution in [3.63, 3.8) is 0 Å². The standard InChI is InChI=1S/C17H25NO3/c19-17-11-18(10-14-12-20-8-9-21-13-14)7-6-16(17)15-4-2-1-3-5-15/h1-5,14,16-17,19H,6-13H2/t16-,17-/m1/s1. The van der Waals surface area contributed by atoms with Crippen LogP contribution in [0.2, 0.25) is 0 Å². The van der Waals surface area contributed by atoms with Crippen molar-refractivity contribution in [2.24, 2.45) is 5.92 Å². The van der Waals surface area contributed by atoms with Crippen molar-refractivity contribution >= 4 is 0 Å². The van der Waals surface area contributed by atoms with Crippen molar-refractivity contribution in [2.75, 3.05) is 46.1 Å². The summed E-state index contributed by atoms with van der Waals surface area (Å²) in [6.45, 7) is 5.69. The molecule has 0 amide bonds. The number of ether oxygens (including phenoxy) is 2. The van der Waals surface area contributed by atoms with Gasteiger partial charge < -0.3 is 19.5 Å². The van der Waals surface area contributed by atoms with Gasteiger partial charge in [-0.3, -0.25) is 0 Å². The molecule has 2 fully saturated rings. The largest absolute Gasteiger partial charge is 0.391 e. The molecule has 4 heteroatoms. The molecule has 3 rings (SSSR count). The molecule has 116 valence electrons. The fourth-order valence-corrected chi connectivity index (χ4v) is 3.39. The zero-order valence-corrected chi connectivity index (χ0v) is 12.5. The third-order valence-electron chi connectivity index (χ3n) is 4.49. The van der Waals surface area contributed by atoms with E-state index in [9.17, 15) is 5.11 Å². The minimum atomic E-state index is -0.284. The van der Waals surface area contributed by atoms with Crippen molar-refractivity contribution in [3.05, 3.63) is 35.9 Å². The molecule has 1 aromatic rings. The topological polar surface area (TPSA) is 41.9 Å². The average Bonchev–Trinajstić information content (AvgIpc) is 2.77. The van der Waals surface area contributed by atoms with Crippen LogP contribution in [0.3, 0.4) is 0 Å². The molecule has 0 unspecified atom stereocenters. The van der Waals surface area contributed by atoms with Crippen LogP contribution in [0.15, 0.2) is 30.3 Å². The van der Waals surface area contributed by atoms with Gasteiger partial charge in [-0.2, -0.15) is 0 Å². The highest BCUT2D eigenvalue weighted by Crippen LogP contribution is 2.28. The number of likely N-dealkylation sites (tertiary alicyclic amines) is 1. The lowest BCUT2D eigenvalue weighted by Gasteiger charge is -2.37. The average molecular weight is 291 g/mol. The van der Waals surface area contributed by atoms with Crippen molar-refractivity contribution in [2.45, 2.75) is 18.4 Å². The lowest BCUT2D eigenvalue weighted by atomic mass is 9.87. The van der Waals surface area contributed by atoms with Crippen molar-refractivity contribution in [1.82, 2.24) is 4.90 Å². The minimum absolute atomic E-state index is 0.268. The van der Waals surface area contributed by atoms with E-state index in [4.69, 9.17) is 9.47 Å². The first-order valence-corrected chi connectivity index (χ1v) is 7.94. The predicted octanol–water partition coefficient (Wildman–Crippen LogP) is 1.50. The van der Waals surface area contributed by atoms with Crippen LogP contribution < -0.4 is 0 Å². The number of aliphatic hydroxyl groups excluding tert-OH is 1. The molecule has 0 spiro atoms. The van der Waals surface area contributed by atoms with Crippen LogP contribution in [0, 0.1) is 5.92 Å². The maximum Gasteiger partial charge on any atom is 0.0735 e. The molecular formula is C17H25NO3. The maximum absolute atomic E-state index is 10.5. The van der Waals surface area contributed by atoms with Gasteiger partial charge in [0.2, 0.25) is 0 Å². The van der Waals surface area contributed by atoms with Gasteiger partial charge in [-0.1, -0.05) is 30.3 Å². The molecule has 0 bridgehead atoms. The number of benzene rings is 1. The van der Waals surface area contributed by atoms with Gasteiger partial charge in [0.1, 0.15) is 0 Å². The Bertz CT molecular complexity index is 417. The lowest BCUT2D eigenvalue weighted by Crippen LogP contribution is -2.45. The molecule has 2 atom stereocenters. The lowest BCUT2D eigenvalue weighted by molar-refractivity contribution is 0.0288. The number of nitrogens with zero attached hydrogens (tertiary/aromatic N) is 1. The molecule has 2 aliphatic heterocycles. The molecule has 0 aromatic heterocycles. The highest BCUT2D eigenvalue weighted by Gasteiger charge is 2.30. The maximum atomic E-state index is 10.5. The zero-order valence-electron chi connectivity index (χ0n) is 12.5. The molecule has 0 saturated carbocycles. The summed E-state index contributed by atoms with van der Waals surface area (Å²) in [5, 5.41) is 10.5. The van der Waals surface area contributed by atoms with Gasteiger partial charge in [-0.05, 0) is 18.5 Å². The fourth-order valence-electron chi connectivity index (χ4n) is 3.39. The summed E-state index contributed by atoms with van der Waals surface area (Å²) >= 11 is 0. The molecule has 0 radical (unpaired) electrons. The van der Waals surface area contributed by atoms with Crippen molar-refractivity contribution < 1.29 is 14.6 Å². The molecule has 4 nitrogen and oxygen atoms in total. The van der Waals surface area contributed by atoms with E-state index >= 15 is 0 Å². The summed E-state index contributed by atoms with van der Waals surface area (Å²) in [5.41, 5.74) is 1.26. The third-order valence-corrected chi connectivity index (χ3v) is 4.49. The number of piperidine rings is 1. The van der Waals surface area contributed by atoms with Gasteiger partial charge in [-0.25, -0.2) is 0 Å². The van der Waals surface area contributed by atoms with Gasteiger partial charge >= 0.3 is 0 Å². The second kappa shape index (κ2) is 7.36. The van der Waals surface area contributed by atoms with E-state index in [-0.39, 0.29) is 12.0 Å². The van der Waals surface area contributed by atoms with Crippen molar-refractivity contribution in [3.8, 4) is 0 Å². The number of rotatable bonds is 3. The summed E-state index contributed by atoms with van der Waals surface area (Å²) < 4.78 is 11.1. The summed E-state index contributed by atoms with van der Waals surface area (Å²) in [4.78, 5) is 2.35. The molecule has 1 aromatic carbocycles. The van der Waals surface area contributed by atoms with Crippen LogP contribution in [-0.4, -0.2) is 62.2 Å². The van der Waals surface area contributed by atoms with E-state index in [1.165, 1.54) is 5.56 Å². The Balaban J connectivity index is 1.53. The van der Waals surface area contributed by atoms with Gasteiger partial charge in [0.15, 0.2) is 0 Å². The molecule has 0 aliphatic carbocycles.